The largest absolute Gasteiger partial charge is 0.326 e. The standard InChI is InChI=1S/C12H13N3O/c13-4-1-5-15-11-3-2-9(8-14)6-10(11)7-12(15)16/h2-3,6H,1,5,7-8,14H2. The average molecular weight is 215 g/mol. The fourth-order valence-corrected chi connectivity index (χ4v) is 1.97. The van der Waals surface area contributed by atoms with E-state index in [0.717, 1.165) is 16.8 Å². The van der Waals surface area contributed by atoms with E-state index >= 15 is 0 Å². The monoisotopic (exact) mass is 215 g/mol. The van der Waals surface area contributed by atoms with E-state index in [-0.39, 0.29) is 5.91 Å². The third-order valence-corrected chi connectivity index (χ3v) is 2.76. The molecule has 2 rings (SSSR count). The number of anilines is 1. The maximum atomic E-state index is 11.7. The van der Waals surface area contributed by atoms with E-state index in [1.807, 2.05) is 18.2 Å². The highest BCUT2D eigenvalue weighted by atomic mass is 16.2. The lowest BCUT2D eigenvalue weighted by Gasteiger charge is -2.15. The van der Waals surface area contributed by atoms with Crippen molar-refractivity contribution in [2.45, 2.75) is 19.4 Å². The zero-order valence-electron chi connectivity index (χ0n) is 8.94. The van der Waals surface area contributed by atoms with Crippen molar-refractivity contribution in [1.82, 2.24) is 0 Å². The van der Waals surface area contributed by atoms with Crippen LogP contribution in [0, 0.1) is 11.3 Å². The molecule has 1 aliphatic heterocycles. The van der Waals surface area contributed by atoms with Crippen LogP contribution >= 0.6 is 0 Å². The van der Waals surface area contributed by atoms with Gasteiger partial charge in [0.15, 0.2) is 0 Å². The molecule has 0 aromatic heterocycles. The Balaban J connectivity index is 2.28. The molecule has 82 valence electrons. The predicted octanol–water partition coefficient (Wildman–Crippen LogP) is 0.948. The van der Waals surface area contributed by atoms with Crippen LogP contribution in [-0.2, 0) is 17.8 Å². The molecule has 1 heterocycles. The molecule has 0 saturated carbocycles. The summed E-state index contributed by atoms with van der Waals surface area (Å²) in [6.07, 6.45) is 0.790. The van der Waals surface area contributed by atoms with Gasteiger partial charge < -0.3 is 10.6 Å². The fourth-order valence-electron chi connectivity index (χ4n) is 1.97. The van der Waals surface area contributed by atoms with Crippen LogP contribution in [0.3, 0.4) is 0 Å². The first kappa shape index (κ1) is 10.7. The summed E-state index contributed by atoms with van der Waals surface area (Å²) < 4.78 is 0. The van der Waals surface area contributed by atoms with Crippen molar-refractivity contribution in [2.24, 2.45) is 5.73 Å². The average Bonchev–Trinajstić information content (AvgIpc) is 2.61. The molecule has 0 atom stereocenters. The molecule has 1 aromatic rings. The van der Waals surface area contributed by atoms with Crippen molar-refractivity contribution in [3.05, 3.63) is 29.3 Å². The molecule has 0 fully saturated rings. The van der Waals surface area contributed by atoms with Gasteiger partial charge in [-0.3, -0.25) is 4.79 Å². The normalized spacial score (nSPS) is 13.8. The Hall–Kier alpha value is -1.86. The van der Waals surface area contributed by atoms with Crippen molar-refractivity contribution in [3.8, 4) is 6.07 Å². The molecular formula is C12H13N3O. The van der Waals surface area contributed by atoms with Crippen molar-refractivity contribution in [2.75, 3.05) is 11.4 Å². The van der Waals surface area contributed by atoms with Crippen LogP contribution in [-0.4, -0.2) is 12.5 Å². The number of benzene rings is 1. The molecule has 1 amide bonds. The molecule has 2 N–H and O–H groups in total. The summed E-state index contributed by atoms with van der Waals surface area (Å²) in [6.45, 7) is 0.962. The zero-order chi connectivity index (χ0) is 11.5. The summed E-state index contributed by atoms with van der Waals surface area (Å²) in [6, 6.07) is 7.87. The molecular weight excluding hydrogens is 202 g/mol. The minimum atomic E-state index is 0.0689. The first-order chi connectivity index (χ1) is 7.76. The van der Waals surface area contributed by atoms with E-state index in [4.69, 9.17) is 11.0 Å². The number of carbonyl (C=O) groups excluding carboxylic acids is 1. The van der Waals surface area contributed by atoms with Crippen LogP contribution in [0.15, 0.2) is 18.2 Å². The first-order valence-corrected chi connectivity index (χ1v) is 5.25. The highest BCUT2D eigenvalue weighted by Crippen LogP contribution is 2.29. The zero-order valence-corrected chi connectivity index (χ0v) is 8.94. The molecule has 0 saturated heterocycles. The number of nitrogens with zero attached hydrogens (tertiary/aromatic N) is 2. The summed E-state index contributed by atoms with van der Waals surface area (Å²) in [5.41, 5.74) is 8.54. The predicted molar refractivity (Wildman–Crippen MR) is 60.6 cm³/mol. The van der Waals surface area contributed by atoms with Gasteiger partial charge in [0.2, 0.25) is 5.91 Å². The lowest BCUT2D eigenvalue weighted by atomic mass is 10.1. The highest BCUT2D eigenvalue weighted by Gasteiger charge is 2.26. The van der Waals surface area contributed by atoms with Crippen LogP contribution < -0.4 is 10.6 Å². The van der Waals surface area contributed by atoms with Gasteiger partial charge in [-0.25, -0.2) is 0 Å². The topological polar surface area (TPSA) is 70.1 Å². The lowest BCUT2D eigenvalue weighted by molar-refractivity contribution is -0.117. The van der Waals surface area contributed by atoms with Crippen LogP contribution in [0.2, 0.25) is 0 Å². The van der Waals surface area contributed by atoms with E-state index in [1.54, 1.807) is 4.90 Å². The van der Waals surface area contributed by atoms with E-state index in [9.17, 15) is 4.79 Å². The molecule has 4 nitrogen and oxygen atoms in total. The third kappa shape index (κ3) is 1.77. The van der Waals surface area contributed by atoms with E-state index in [2.05, 4.69) is 6.07 Å². The van der Waals surface area contributed by atoms with Crippen molar-refractivity contribution < 1.29 is 4.79 Å². The van der Waals surface area contributed by atoms with Gasteiger partial charge in [-0.05, 0) is 17.2 Å². The fraction of sp³-hybridized carbons (Fsp3) is 0.333. The number of hydrogen-bond donors (Lipinski definition) is 1. The first-order valence-electron chi connectivity index (χ1n) is 5.25. The number of rotatable bonds is 3. The Bertz CT molecular complexity index is 462. The second kappa shape index (κ2) is 4.33. The molecule has 0 aliphatic carbocycles. The van der Waals surface area contributed by atoms with E-state index in [1.165, 1.54) is 0 Å². The van der Waals surface area contributed by atoms with Gasteiger partial charge in [0.25, 0.3) is 0 Å². The maximum Gasteiger partial charge on any atom is 0.231 e. The Labute approximate surface area is 94.3 Å². The van der Waals surface area contributed by atoms with Gasteiger partial charge >= 0.3 is 0 Å². The minimum Gasteiger partial charge on any atom is -0.326 e. The van der Waals surface area contributed by atoms with Gasteiger partial charge in [0, 0.05) is 18.8 Å². The Kier molecular flexibility index (Phi) is 2.88. The summed E-state index contributed by atoms with van der Waals surface area (Å²) in [4.78, 5) is 13.4. The third-order valence-electron chi connectivity index (χ3n) is 2.76. The summed E-state index contributed by atoms with van der Waals surface area (Å²) in [5.74, 6) is 0.0689. The van der Waals surface area contributed by atoms with Crippen LogP contribution in [0.5, 0.6) is 0 Å². The van der Waals surface area contributed by atoms with Crippen molar-refractivity contribution in [3.63, 3.8) is 0 Å². The molecule has 0 spiro atoms. The van der Waals surface area contributed by atoms with E-state index in [0.29, 0.717) is 25.9 Å². The smallest absolute Gasteiger partial charge is 0.231 e. The summed E-state index contributed by atoms with van der Waals surface area (Å²) in [7, 11) is 0. The molecule has 4 heteroatoms. The molecule has 0 radical (unpaired) electrons. The van der Waals surface area contributed by atoms with Crippen LogP contribution in [0.4, 0.5) is 5.69 Å². The number of hydrogen-bond acceptors (Lipinski definition) is 3. The number of nitriles is 1. The Morgan fingerprint density at radius 1 is 1.50 bits per heavy atom. The number of nitrogens with two attached hydrogens (primary N) is 1. The molecule has 1 aliphatic rings. The Morgan fingerprint density at radius 3 is 3.00 bits per heavy atom. The van der Waals surface area contributed by atoms with Crippen molar-refractivity contribution in [1.29, 1.82) is 5.26 Å². The van der Waals surface area contributed by atoms with Crippen LogP contribution in [0.25, 0.3) is 0 Å². The van der Waals surface area contributed by atoms with E-state index < -0.39 is 0 Å². The number of carbonyl (C=O) groups is 1. The van der Waals surface area contributed by atoms with Gasteiger partial charge in [-0.15, -0.1) is 0 Å². The van der Waals surface area contributed by atoms with Gasteiger partial charge in [-0.1, -0.05) is 12.1 Å². The SMILES string of the molecule is N#CCCN1C(=O)Cc2cc(CN)ccc21. The minimum absolute atomic E-state index is 0.0689. The summed E-state index contributed by atoms with van der Waals surface area (Å²) >= 11 is 0. The molecule has 1 aromatic carbocycles. The lowest BCUT2D eigenvalue weighted by Crippen LogP contribution is -2.27. The Morgan fingerprint density at radius 2 is 2.31 bits per heavy atom. The maximum absolute atomic E-state index is 11.7. The van der Waals surface area contributed by atoms with Gasteiger partial charge in [0.05, 0.1) is 18.9 Å². The van der Waals surface area contributed by atoms with Gasteiger partial charge in [0.1, 0.15) is 0 Å². The number of fused-ring (bicyclic) bond motifs is 1. The second-order valence-electron chi connectivity index (χ2n) is 3.80. The molecule has 0 bridgehead atoms. The quantitative estimate of drug-likeness (QED) is 0.816. The molecule has 0 unspecified atom stereocenters. The molecule has 16 heavy (non-hydrogen) atoms. The van der Waals surface area contributed by atoms with Crippen LogP contribution in [0.1, 0.15) is 17.5 Å². The highest BCUT2D eigenvalue weighted by molar-refractivity contribution is 6.01. The second-order valence-corrected chi connectivity index (χ2v) is 3.80. The number of amides is 1. The van der Waals surface area contributed by atoms with Crippen molar-refractivity contribution >= 4 is 11.6 Å². The van der Waals surface area contributed by atoms with Gasteiger partial charge in [-0.2, -0.15) is 5.26 Å². The summed E-state index contributed by atoms with van der Waals surface area (Å²) in [5, 5.41) is 8.54.